The third-order valence-corrected chi connectivity index (χ3v) is 3.49. The van der Waals surface area contributed by atoms with Gasteiger partial charge in [-0.05, 0) is 37.7 Å². The maximum Gasteiger partial charge on any atom is 0.0571 e. The number of rotatable bonds is 2. The van der Waals surface area contributed by atoms with Gasteiger partial charge in [-0.25, -0.2) is 0 Å². The third-order valence-electron chi connectivity index (χ3n) is 3.49. The normalized spacial score (nSPS) is 26.5. The Morgan fingerprint density at radius 3 is 2.47 bits per heavy atom. The van der Waals surface area contributed by atoms with E-state index in [-0.39, 0.29) is 6.10 Å². The van der Waals surface area contributed by atoms with Crippen molar-refractivity contribution in [3.8, 4) is 0 Å². The molecule has 1 aliphatic rings. The molecule has 1 aromatic rings. The molecule has 1 N–H and O–H groups in total. The van der Waals surface area contributed by atoms with Crippen LogP contribution >= 0.6 is 0 Å². The van der Waals surface area contributed by atoms with Crippen LogP contribution in [0, 0.1) is 12.8 Å². The summed E-state index contributed by atoms with van der Waals surface area (Å²) in [6.07, 6.45) is 5.65. The number of aryl methyl sites for hydroxylation is 1. The Morgan fingerprint density at radius 2 is 1.80 bits per heavy atom. The average Bonchev–Trinajstić information content (AvgIpc) is 2.25. The predicted octanol–water partition coefficient (Wildman–Crippen LogP) is 3.09. The maximum absolute atomic E-state index is 9.88. The van der Waals surface area contributed by atoms with Gasteiger partial charge >= 0.3 is 0 Å². The van der Waals surface area contributed by atoms with E-state index in [1.807, 2.05) is 0 Å². The molecule has 0 spiro atoms. The van der Waals surface area contributed by atoms with Crippen molar-refractivity contribution >= 4 is 0 Å². The molecule has 0 saturated heterocycles. The minimum absolute atomic E-state index is 0.0694. The minimum atomic E-state index is -0.0694. The summed E-state index contributed by atoms with van der Waals surface area (Å²) in [5.41, 5.74) is 2.68. The average molecular weight is 204 g/mol. The largest absolute Gasteiger partial charge is 0.393 e. The van der Waals surface area contributed by atoms with Crippen LogP contribution in [0.3, 0.4) is 0 Å². The molecule has 1 aromatic carbocycles. The van der Waals surface area contributed by atoms with E-state index in [2.05, 4.69) is 31.2 Å². The van der Waals surface area contributed by atoms with Crippen LogP contribution in [0.5, 0.6) is 0 Å². The fourth-order valence-electron chi connectivity index (χ4n) is 2.45. The van der Waals surface area contributed by atoms with Crippen molar-refractivity contribution < 1.29 is 5.11 Å². The predicted molar refractivity (Wildman–Crippen MR) is 62.8 cm³/mol. The van der Waals surface area contributed by atoms with Crippen molar-refractivity contribution in [3.63, 3.8) is 0 Å². The molecular formula is C14H20O. The van der Waals surface area contributed by atoms with Crippen LogP contribution in [-0.2, 0) is 6.42 Å². The lowest BCUT2D eigenvalue weighted by molar-refractivity contribution is 0.0700. The highest BCUT2D eigenvalue weighted by Gasteiger charge is 2.22. The van der Waals surface area contributed by atoms with Crippen LogP contribution in [0.15, 0.2) is 24.3 Å². The fourth-order valence-corrected chi connectivity index (χ4v) is 2.45. The zero-order valence-corrected chi connectivity index (χ0v) is 9.45. The van der Waals surface area contributed by atoms with Gasteiger partial charge in [0.1, 0.15) is 0 Å². The molecule has 2 atom stereocenters. The number of hydrogen-bond donors (Lipinski definition) is 1. The van der Waals surface area contributed by atoms with Crippen molar-refractivity contribution in [1.29, 1.82) is 0 Å². The first-order chi connectivity index (χ1) is 7.25. The number of hydrogen-bond acceptors (Lipinski definition) is 1. The molecule has 1 heteroatoms. The van der Waals surface area contributed by atoms with Crippen LogP contribution in [0.4, 0.5) is 0 Å². The quantitative estimate of drug-likeness (QED) is 0.785. The van der Waals surface area contributed by atoms with Gasteiger partial charge in [-0.3, -0.25) is 0 Å². The zero-order valence-electron chi connectivity index (χ0n) is 9.45. The zero-order chi connectivity index (χ0) is 10.7. The summed E-state index contributed by atoms with van der Waals surface area (Å²) in [7, 11) is 0. The smallest absolute Gasteiger partial charge is 0.0571 e. The lowest BCUT2D eigenvalue weighted by Gasteiger charge is -2.27. The molecule has 1 aliphatic carbocycles. The van der Waals surface area contributed by atoms with Crippen molar-refractivity contribution in [2.45, 2.75) is 45.1 Å². The van der Waals surface area contributed by atoms with Crippen molar-refractivity contribution in [1.82, 2.24) is 0 Å². The number of aliphatic hydroxyl groups excluding tert-OH is 1. The van der Waals surface area contributed by atoms with Gasteiger partial charge in [0.05, 0.1) is 6.10 Å². The number of aliphatic hydroxyl groups is 1. The van der Waals surface area contributed by atoms with Gasteiger partial charge in [-0.2, -0.15) is 0 Å². The second-order valence-electron chi connectivity index (χ2n) is 4.80. The van der Waals surface area contributed by atoms with E-state index >= 15 is 0 Å². The standard InChI is InChI=1S/C14H20O/c1-11-6-8-12(9-7-11)10-13-4-2-3-5-14(13)15/h6-9,13-15H,2-5,10H2,1H3/t13-,14?/m1/s1. The highest BCUT2D eigenvalue weighted by atomic mass is 16.3. The van der Waals surface area contributed by atoms with Crippen molar-refractivity contribution in [3.05, 3.63) is 35.4 Å². The van der Waals surface area contributed by atoms with E-state index in [4.69, 9.17) is 0 Å². The molecule has 1 nitrogen and oxygen atoms in total. The van der Waals surface area contributed by atoms with Gasteiger partial charge in [0, 0.05) is 0 Å². The molecule has 82 valence electrons. The molecule has 15 heavy (non-hydrogen) atoms. The Hall–Kier alpha value is -0.820. The second-order valence-corrected chi connectivity index (χ2v) is 4.80. The van der Waals surface area contributed by atoms with E-state index in [9.17, 15) is 5.11 Å². The molecule has 1 fully saturated rings. The lowest BCUT2D eigenvalue weighted by atomic mass is 9.82. The first-order valence-corrected chi connectivity index (χ1v) is 5.99. The van der Waals surface area contributed by atoms with E-state index in [0.29, 0.717) is 5.92 Å². The van der Waals surface area contributed by atoms with Crippen LogP contribution in [0.1, 0.15) is 36.8 Å². The Labute approximate surface area is 92.1 Å². The monoisotopic (exact) mass is 204 g/mol. The van der Waals surface area contributed by atoms with Crippen LogP contribution < -0.4 is 0 Å². The molecular weight excluding hydrogens is 184 g/mol. The summed E-state index contributed by atoms with van der Waals surface area (Å²) >= 11 is 0. The summed E-state index contributed by atoms with van der Waals surface area (Å²) < 4.78 is 0. The molecule has 1 saturated carbocycles. The Morgan fingerprint density at radius 1 is 1.13 bits per heavy atom. The summed E-state index contributed by atoms with van der Waals surface area (Å²) in [6, 6.07) is 8.70. The van der Waals surface area contributed by atoms with Crippen LogP contribution in [0.2, 0.25) is 0 Å². The summed E-state index contributed by atoms with van der Waals surface area (Å²) in [5.74, 6) is 0.487. The minimum Gasteiger partial charge on any atom is -0.393 e. The van der Waals surface area contributed by atoms with E-state index in [0.717, 1.165) is 12.8 Å². The lowest BCUT2D eigenvalue weighted by Crippen LogP contribution is -2.26. The Balaban J connectivity index is 1.98. The maximum atomic E-state index is 9.88. The molecule has 0 heterocycles. The summed E-state index contributed by atoms with van der Waals surface area (Å²) in [6.45, 7) is 2.11. The summed E-state index contributed by atoms with van der Waals surface area (Å²) in [4.78, 5) is 0. The van der Waals surface area contributed by atoms with Crippen molar-refractivity contribution in [2.75, 3.05) is 0 Å². The van der Waals surface area contributed by atoms with Crippen LogP contribution in [-0.4, -0.2) is 11.2 Å². The van der Waals surface area contributed by atoms with Gasteiger partial charge in [-0.1, -0.05) is 42.7 Å². The third kappa shape index (κ3) is 2.82. The summed E-state index contributed by atoms with van der Waals surface area (Å²) in [5, 5.41) is 9.88. The molecule has 0 amide bonds. The Bertz CT molecular complexity index is 302. The first-order valence-electron chi connectivity index (χ1n) is 5.99. The van der Waals surface area contributed by atoms with E-state index in [1.54, 1.807) is 0 Å². The molecule has 0 bridgehead atoms. The molecule has 2 rings (SSSR count). The fraction of sp³-hybridized carbons (Fsp3) is 0.571. The molecule has 0 aliphatic heterocycles. The topological polar surface area (TPSA) is 20.2 Å². The number of benzene rings is 1. The molecule has 0 aromatic heterocycles. The van der Waals surface area contributed by atoms with Gasteiger partial charge in [0.25, 0.3) is 0 Å². The molecule has 1 unspecified atom stereocenters. The van der Waals surface area contributed by atoms with E-state index in [1.165, 1.54) is 30.4 Å². The van der Waals surface area contributed by atoms with Gasteiger partial charge in [0.15, 0.2) is 0 Å². The van der Waals surface area contributed by atoms with Gasteiger partial charge < -0.3 is 5.11 Å². The Kier molecular flexibility index (Phi) is 3.42. The second kappa shape index (κ2) is 4.80. The van der Waals surface area contributed by atoms with E-state index < -0.39 is 0 Å². The highest BCUT2D eigenvalue weighted by Crippen LogP contribution is 2.27. The highest BCUT2D eigenvalue weighted by molar-refractivity contribution is 5.21. The van der Waals surface area contributed by atoms with Crippen LogP contribution in [0.25, 0.3) is 0 Å². The van der Waals surface area contributed by atoms with Crippen molar-refractivity contribution in [2.24, 2.45) is 5.92 Å². The van der Waals surface area contributed by atoms with Gasteiger partial charge in [-0.15, -0.1) is 0 Å². The van der Waals surface area contributed by atoms with Gasteiger partial charge in [0.2, 0.25) is 0 Å². The molecule has 0 radical (unpaired) electrons. The first kappa shape index (κ1) is 10.7. The SMILES string of the molecule is Cc1ccc(C[C@H]2CCCCC2O)cc1.